The van der Waals surface area contributed by atoms with Crippen LogP contribution in [0.2, 0.25) is 15.1 Å². The third-order valence-corrected chi connectivity index (χ3v) is 6.36. The van der Waals surface area contributed by atoms with Gasteiger partial charge in [-0.2, -0.15) is 4.31 Å². The minimum absolute atomic E-state index is 0.0483. The third-order valence-electron chi connectivity index (χ3n) is 3.64. The minimum Gasteiger partial charge on any atom is -0.480 e. The second-order valence-electron chi connectivity index (χ2n) is 5.27. The van der Waals surface area contributed by atoms with Crippen molar-refractivity contribution in [2.75, 3.05) is 7.05 Å². The van der Waals surface area contributed by atoms with Crippen LogP contribution in [-0.2, 0) is 21.2 Å². The molecule has 0 aliphatic carbocycles. The fraction of sp³-hybridized carbons (Fsp3) is 0.188. The number of carboxylic acids is 1. The van der Waals surface area contributed by atoms with Crippen LogP contribution in [0.15, 0.2) is 47.4 Å². The molecule has 2 aromatic carbocycles. The maximum absolute atomic E-state index is 12.7. The average molecular weight is 423 g/mol. The Balaban J connectivity index is 2.35. The number of rotatable bonds is 6. The normalized spacial score (nSPS) is 13.0. The zero-order valence-corrected chi connectivity index (χ0v) is 16.1. The van der Waals surface area contributed by atoms with Crippen molar-refractivity contribution in [2.24, 2.45) is 0 Å². The van der Waals surface area contributed by atoms with Gasteiger partial charge in [-0.15, -0.1) is 0 Å². The highest BCUT2D eigenvalue weighted by molar-refractivity contribution is 7.89. The number of aliphatic carboxylic acids is 1. The molecule has 0 saturated heterocycles. The van der Waals surface area contributed by atoms with Gasteiger partial charge < -0.3 is 5.11 Å². The summed E-state index contributed by atoms with van der Waals surface area (Å²) in [5, 5.41) is 10.6. The lowest BCUT2D eigenvalue weighted by molar-refractivity contribution is -0.141. The van der Waals surface area contributed by atoms with Gasteiger partial charge in [0.05, 0.1) is 4.90 Å². The Morgan fingerprint density at radius 3 is 2.16 bits per heavy atom. The van der Waals surface area contributed by atoms with Gasteiger partial charge in [-0.25, -0.2) is 8.42 Å². The van der Waals surface area contributed by atoms with E-state index in [1.165, 1.54) is 37.4 Å². The van der Waals surface area contributed by atoms with Crippen molar-refractivity contribution in [1.29, 1.82) is 0 Å². The lowest BCUT2D eigenvalue weighted by Crippen LogP contribution is -2.43. The van der Waals surface area contributed by atoms with Crippen LogP contribution in [0, 0.1) is 0 Å². The zero-order valence-electron chi connectivity index (χ0n) is 13.0. The molecule has 0 aliphatic rings. The van der Waals surface area contributed by atoms with E-state index in [0.717, 1.165) is 4.31 Å². The van der Waals surface area contributed by atoms with Crippen molar-refractivity contribution in [2.45, 2.75) is 17.4 Å². The van der Waals surface area contributed by atoms with Crippen LogP contribution >= 0.6 is 34.8 Å². The third kappa shape index (κ3) is 4.65. The van der Waals surface area contributed by atoms with Gasteiger partial charge in [-0.1, -0.05) is 40.9 Å². The molecule has 0 aliphatic heterocycles. The maximum atomic E-state index is 12.7. The molecule has 2 rings (SSSR count). The summed E-state index contributed by atoms with van der Waals surface area (Å²) in [6.45, 7) is 0. The number of benzene rings is 2. The molecule has 2 aromatic rings. The van der Waals surface area contributed by atoms with E-state index in [-0.39, 0.29) is 16.3 Å². The number of carbonyl (C=O) groups is 1. The number of carboxylic acid groups (broad SMARTS) is 1. The Hall–Kier alpha value is -1.31. The summed E-state index contributed by atoms with van der Waals surface area (Å²) in [7, 11) is -2.80. The fourth-order valence-electron chi connectivity index (χ4n) is 2.21. The molecule has 134 valence electrons. The summed E-state index contributed by atoms with van der Waals surface area (Å²) in [5.74, 6) is -1.29. The predicted octanol–water partition coefficient (Wildman–Crippen LogP) is 3.96. The molecule has 0 spiro atoms. The molecule has 0 aromatic heterocycles. The van der Waals surface area contributed by atoms with E-state index < -0.39 is 22.0 Å². The number of nitrogens with zero attached hydrogens (tertiary/aromatic N) is 1. The topological polar surface area (TPSA) is 74.7 Å². The van der Waals surface area contributed by atoms with Crippen LogP contribution in [0.4, 0.5) is 0 Å². The Kier molecular flexibility index (Phi) is 6.35. The smallest absolute Gasteiger partial charge is 0.322 e. The first-order chi connectivity index (χ1) is 11.6. The first kappa shape index (κ1) is 20.0. The molecule has 1 atom stereocenters. The Bertz CT molecular complexity index is 885. The summed E-state index contributed by atoms with van der Waals surface area (Å²) < 4.78 is 26.2. The monoisotopic (exact) mass is 421 g/mol. The van der Waals surface area contributed by atoms with Crippen molar-refractivity contribution in [3.8, 4) is 0 Å². The molecule has 0 unspecified atom stereocenters. The van der Waals surface area contributed by atoms with Crippen LogP contribution in [0.3, 0.4) is 0 Å². The standard InChI is InChI=1S/C16H14Cl3NO4S/c1-20(25(23,24)13-6-4-11(17)5-7-13)15(16(21)22)8-10-2-3-12(18)9-14(10)19/h2-7,9,15H,8H2,1H3,(H,21,22)/t15-/m0/s1. The van der Waals surface area contributed by atoms with Crippen molar-refractivity contribution in [3.05, 3.63) is 63.1 Å². The van der Waals surface area contributed by atoms with Crippen molar-refractivity contribution in [3.63, 3.8) is 0 Å². The molecule has 0 saturated carbocycles. The summed E-state index contributed by atoms with van der Waals surface area (Å²) >= 11 is 17.7. The lowest BCUT2D eigenvalue weighted by atomic mass is 10.1. The summed E-state index contributed by atoms with van der Waals surface area (Å²) in [4.78, 5) is 11.6. The van der Waals surface area contributed by atoms with Gasteiger partial charge in [0.2, 0.25) is 10.0 Å². The molecule has 0 radical (unpaired) electrons. The van der Waals surface area contributed by atoms with Gasteiger partial charge in [0.25, 0.3) is 0 Å². The quantitative estimate of drug-likeness (QED) is 0.764. The number of halogens is 3. The van der Waals surface area contributed by atoms with Gasteiger partial charge in [0, 0.05) is 28.5 Å². The molecule has 25 heavy (non-hydrogen) atoms. The van der Waals surface area contributed by atoms with E-state index in [1.54, 1.807) is 12.1 Å². The van der Waals surface area contributed by atoms with E-state index in [1.807, 2.05) is 0 Å². The molecule has 0 fully saturated rings. The van der Waals surface area contributed by atoms with Crippen LogP contribution in [0.5, 0.6) is 0 Å². The summed E-state index contributed by atoms with van der Waals surface area (Å²) in [6, 6.07) is 8.77. The molecule has 1 N–H and O–H groups in total. The van der Waals surface area contributed by atoms with Gasteiger partial charge in [0.1, 0.15) is 6.04 Å². The van der Waals surface area contributed by atoms with Gasteiger partial charge in [0.15, 0.2) is 0 Å². The Morgan fingerprint density at radius 1 is 1.08 bits per heavy atom. The molecule has 9 heteroatoms. The first-order valence-corrected chi connectivity index (χ1v) is 9.60. The van der Waals surface area contributed by atoms with E-state index in [4.69, 9.17) is 34.8 Å². The SMILES string of the molecule is CN([C@@H](Cc1ccc(Cl)cc1Cl)C(=O)O)S(=O)(=O)c1ccc(Cl)cc1. The Morgan fingerprint density at radius 2 is 1.64 bits per heavy atom. The van der Waals surface area contributed by atoms with Crippen LogP contribution in [0.25, 0.3) is 0 Å². The van der Waals surface area contributed by atoms with E-state index in [0.29, 0.717) is 15.6 Å². The molecule has 0 amide bonds. The largest absolute Gasteiger partial charge is 0.480 e. The number of sulfonamides is 1. The molecule has 5 nitrogen and oxygen atoms in total. The van der Waals surface area contributed by atoms with Crippen LogP contribution in [0.1, 0.15) is 5.56 Å². The highest BCUT2D eigenvalue weighted by atomic mass is 35.5. The van der Waals surface area contributed by atoms with Crippen LogP contribution < -0.4 is 0 Å². The number of hydrogen-bond acceptors (Lipinski definition) is 3. The van der Waals surface area contributed by atoms with Crippen molar-refractivity contribution < 1.29 is 18.3 Å². The molecular formula is C16H14Cl3NO4S. The zero-order chi connectivity index (χ0) is 18.8. The van der Waals surface area contributed by atoms with Crippen LogP contribution in [-0.4, -0.2) is 36.9 Å². The highest BCUT2D eigenvalue weighted by Crippen LogP contribution is 2.25. The van der Waals surface area contributed by atoms with Gasteiger partial charge in [-0.05, 0) is 42.0 Å². The number of likely N-dealkylation sites (N-methyl/N-ethyl adjacent to an activating group) is 1. The highest BCUT2D eigenvalue weighted by Gasteiger charge is 2.33. The minimum atomic E-state index is -4.02. The van der Waals surface area contributed by atoms with Crippen molar-refractivity contribution in [1.82, 2.24) is 4.31 Å². The Labute approximate surface area is 160 Å². The molecule has 0 bridgehead atoms. The van der Waals surface area contributed by atoms with E-state index >= 15 is 0 Å². The van der Waals surface area contributed by atoms with Crippen molar-refractivity contribution >= 4 is 50.8 Å². The second kappa shape index (κ2) is 7.93. The first-order valence-electron chi connectivity index (χ1n) is 7.03. The lowest BCUT2D eigenvalue weighted by Gasteiger charge is -2.24. The van der Waals surface area contributed by atoms with Gasteiger partial charge in [-0.3, -0.25) is 4.79 Å². The van der Waals surface area contributed by atoms with E-state index in [9.17, 15) is 18.3 Å². The number of hydrogen-bond donors (Lipinski definition) is 1. The predicted molar refractivity (Wildman–Crippen MR) is 98.0 cm³/mol. The maximum Gasteiger partial charge on any atom is 0.322 e. The van der Waals surface area contributed by atoms with E-state index in [2.05, 4.69) is 0 Å². The molecule has 0 heterocycles. The fourth-order valence-corrected chi connectivity index (χ4v) is 4.13. The molecular weight excluding hydrogens is 409 g/mol. The second-order valence-corrected chi connectivity index (χ2v) is 8.55. The van der Waals surface area contributed by atoms with Gasteiger partial charge >= 0.3 is 5.97 Å². The average Bonchev–Trinajstić information content (AvgIpc) is 2.53. The summed E-state index contributed by atoms with van der Waals surface area (Å²) in [6.07, 6.45) is -0.103. The summed E-state index contributed by atoms with van der Waals surface area (Å²) in [5.41, 5.74) is 0.483.